The Morgan fingerprint density at radius 3 is 2.71 bits per heavy atom. The number of carbonyl (C=O) groups excluding carboxylic acids is 1. The predicted molar refractivity (Wildman–Crippen MR) is 78.4 cm³/mol. The van der Waals surface area contributed by atoms with E-state index in [9.17, 15) is 9.59 Å². The van der Waals surface area contributed by atoms with Gasteiger partial charge >= 0.3 is 5.97 Å². The number of aliphatic carboxylic acids is 1. The summed E-state index contributed by atoms with van der Waals surface area (Å²) >= 11 is 0. The molecule has 1 aliphatic heterocycles. The van der Waals surface area contributed by atoms with Crippen LogP contribution in [0.5, 0.6) is 5.75 Å². The van der Waals surface area contributed by atoms with Gasteiger partial charge in [-0.15, -0.1) is 0 Å². The topological polar surface area (TPSA) is 66.8 Å². The standard InChI is InChI=1S/C16H21NO4/c1-10-4-5-14(21-3)12(8-10)9-15(18)17-7-6-13(11(17)2)16(19)20/h4-5,8,11,13H,6-7,9H2,1-3H3,(H,19,20). The first kappa shape index (κ1) is 15.4. The van der Waals surface area contributed by atoms with Gasteiger partial charge in [-0.2, -0.15) is 0 Å². The van der Waals surface area contributed by atoms with Crippen molar-refractivity contribution in [1.82, 2.24) is 4.90 Å². The number of ether oxygens (including phenoxy) is 1. The molecule has 5 heteroatoms. The number of hydrogen-bond acceptors (Lipinski definition) is 3. The molecule has 5 nitrogen and oxygen atoms in total. The average Bonchev–Trinajstić information content (AvgIpc) is 2.81. The SMILES string of the molecule is COc1ccc(C)cc1CC(=O)N1CCC(C(=O)O)C1C. The lowest BCUT2D eigenvalue weighted by Crippen LogP contribution is -2.38. The van der Waals surface area contributed by atoms with Crippen molar-refractivity contribution in [1.29, 1.82) is 0 Å². The molecule has 1 aromatic rings. The van der Waals surface area contributed by atoms with Crippen LogP contribution >= 0.6 is 0 Å². The fourth-order valence-electron chi connectivity index (χ4n) is 2.93. The van der Waals surface area contributed by atoms with Crippen molar-refractivity contribution in [3.63, 3.8) is 0 Å². The van der Waals surface area contributed by atoms with E-state index in [1.165, 1.54) is 0 Å². The van der Waals surface area contributed by atoms with Crippen LogP contribution in [0.1, 0.15) is 24.5 Å². The van der Waals surface area contributed by atoms with Gasteiger partial charge in [0.25, 0.3) is 0 Å². The molecule has 21 heavy (non-hydrogen) atoms. The van der Waals surface area contributed by atoms with Gasteiger partial charge in [0.15, 0.2) is 0 Å². The van der Waals surface area contributed by atoms with Crippen molar-refractivity contribution in [2.45, 2.75) is 32.7 Å². The van der Waals surface area contributed by atoms with Crippen LogP contribution in [-0.4, -0.2) is 41.6 Å². The Hall–Kier alpha value is -2.04. The van der Waals surface area contributed by atoms with Gasteiger partial charge in [-0.25, -0.2) is 0 Å². The van der Waals surface area contributed by atoms with Crippen molar-refractivity contribution >= 4 is 11.9 Å². The summed E-state index contributed by atoms with van der Waals surface area (Å²) in [6.45, 7) is 4.27. The van der Waals surface area contributed by atoms with Gasteiger partial charge in [0, 0.05) is 18.2 Å². The molecule has 2 atom stereocenters. The first-order chi connectivity index (χ1) is 9.93. The quantitative estimate of drug-likeness (QED) is 0.919. The van der Waals surface area contributed by atoms with E-state index in [2.05, 4.69) is 0 Å². The lowest BCUT2D eigenvalue weighted by molar-refractivity contribution is -0.143. The molecule has 1 aromatic carbocycles. The van der Waals surface area contributed by atoms with Crippen LogP contribution < -0.4 is 4.74 Å². The fraction of sp³-hybridized carbons (Fsp3) is 0.500. The molecule has 0 bridgehead atoms. The number of rotatable bonds is 4. The summed E-state index contributed by atoms with van der Waals surface area (Å²) in [6.07, 6.45) is 0.759. The zero-order valence-electron chi connectivity index (χ0n) is 12.6. The summed E-state index contributed by atoms with van der Waals surface area (Å²) in [4.78, 5) is 25.2. The summed E-state index contributed by atoms with van der Waals surface area (Å²) in [7, 11) is 1.58. The average molecular weight is 291 g/mol. The summed E-state index contributed by atoms with van der Waals surface area (Å²) in [6, 6.07) is 5.47. The zero-order chi connectivity index (χ0) is 15.6. The summed E-state index contributed by atoms with van der Waals surface area (Å²) in [5.41, 5.74) is 1.91. The maximum Gasteiger partial charge on any atom is 0.308 e. The molecule has 2 unspecified atom stereocenters. The molecular formula is C16H21NO4. The minimum atomic E-state index is -0.828. The van der Waals surface area contributed by atoms with Crippen LogP contribution in [0.25, 0.3) is 0 Å². The molecule has 1 N–H and O–H groups in total. The van der Waals surface area contributed by atoms with E-state index in [0.717, 1.165) is 11.1 Å². The van der Waals surface area contributed by atoms with Crippen molar-refractivity contribution in [2.24, 2.45) is 5.92 Å². The highest BCUT2D eigenvalue weighted by molar-refractivity contribution is 5.82. The second kappa shape index (κ2) is 6.16. The van der Waals surface area contributed by atoms with Gasteiger partial charge in [0.05, 0.1) is 19.4 Å². The number of carboxylic acid groups (broad SMARTS) is 1. The maximum atomic E-state index is 12.5. The number of benzene rings is 1. The predicted octanol–water partition coefficient (Wildman–Crippen LogP) is 1.87. The van der Waals surface area contributed by atoms with Gasteiger partial charge in [-0.05, 0) is 26.3 Å². The second-order valence-corrected chi connectivity index (χ2v) is 5.55. The largest absolute Gasteiger partial charge is 0.496 e. The summed E-state index contributed by atoms with van der Waals surface area (Å²) < 4.78 is 5.29. The molecule has 1 fully saturated rings. The summed E-state index contributed by atoms with van der Waals surface area (Å²) in [5.74, 6) is -0.648. The van der Waals surface area contributed by atoms with Crippen molar-refractivity contribution in [3.8, 4) is 5.75 Å². The minimum absolute atomic E-state index is 0.0462. The van der Waals surface area contributed by atoms with Crippen LogP contribution in [0.4, 0.5) is 0 Å². The van der Waals surface area contributed by atoms with Crippen molar-refractivity contribution in [3.05, 3.63) is 29.3 Å². The highest BCUT2D eigenvalue weighted by atomic mass is 16.5. The van der Waals surface area contributed by atoms with Crippen molar-refractivity contribution < 1.29 is 19.4 Å². The molecule has 1 heterocycles. The third-order valence-corrected chi connectivity index (χ3v) is 4.17. The van der Waals surface area contributed by atoms with Gasteiger partial charge in [0.1, 0.15) is 5.75 Å². The third-order valence-electron chi connectivity index (χ3n) is 4.17. The Morgan fingerprint density at radius 1 is 1.43 bits per heavy atom. The molecule has 2 rings (SSSR count). The Morgan fingerprint density at radius 2 is 2.14 bits per heavy atom. The number of aryl methyl sites for hydroxylation is 1. The Labute approximate surface area is 124 Å². The minimum Gasteiger partial charge on any atom is -0.496 e. The number of nitrogens with zero attached hydrogens (tertiary/aromatic N) is 1. The second-order valence-electron chi connectivity index (χ2n) is 5.55. The molecule has 1 amide bonds. The molecule has 0 aromatic heterocycles. The first-order valence-electron chi connectivity index (χ1n) is 7.10. The normalized spacial score (nSPS) is 21.4. The number of hydrogen-bond donors (Lipinski definition) is 1. The fourth-order valence-corrected chi connectivity index (χ4v) is 2.93. The Balaban J connectivity index is 2.12. The van der Waals surface area contributed by atoms with Crippen LogP contribution in [-0.2, 0) is 16.0 Å². The monoisotopic (exact) mass is 291 g/mol. The molecular weight excluding hydrogens is 270 g/mol. The highest BCUT2D eigenvalue weighted by Gasteiger charge is 2.37. The molecule has 0 radical (unpaired) electrons. The van der Waals surface area contributed by atoms with E-state index in [1.807, 2.05) is 25.1 Å². The van der Waals surface area contributed by atoms with E-state index < -0.39 is 11.9 Å². The molecule has 0 aliphatic carbocycles. The molecule has 0 spiro atoms. The van der Waals surface area contributed by atoms with E-state index in [1.54, 1.807) is 18.9 Å². The number of likely N-dealkylation sites (tertiary alicyclic amines) is 1. The van der Waals surface area contributed by atoms with Crippen LogP contribution in [0, 0.1) is 12.8 Å². The van der Waals surface area contributed by atoms with Crippen LogP contribution in [0.3, 0.4) is 0 Å². The number of methoxy groups -OCH3 is 1. The van der Waals surface area contributed by atoms with Crippen LogP contribution in [0.15, 0.2) is 18.2 Å². The molecule has 0 saturated carbocycles. The Bertz CT molecular complexity index is 555. The number of carboxylic acids is 1. The van der Waals surface area contributed by atoms with E-state index >= 15 is 0 Å². The van der Waals surface area contributed by atoms with Gasteiger partial charge in [0.2, 0.25) is 5.91 Å². The van der Waals surface area contributed by atoms with Crippen LogP contribution in [0.2, 0.25) is 0 Å². The number of amides is 1. The van der Waals surface area contributed by atoms with E-state index in [4.69, 9.17) is 9.84 Å². The van der Waals surface area contributed by atoms with E-state index in [0.29, 0.717) is 18.7 Å². The third kappa shape index (κ3) is 3.17. The van der Waals surface area contributed by atoms with Gasteiger partial charge < -0.3 is 14.7 Å². The molecule has 1 saturated heterocycles. The Kier molecular flexibility index (Phi) is 4.50. The highest BCUT2D eigenvalue weighted by Crippen LogP contribution is 2.27. The number of carbonyl (C=O) groups is 2. The summed E-state index contributed by atoms with van der Waals surface area (Å²) in [5, 5.41) is 9.13. The van der Waals surface area contributed by atoms with Crippen molar-refractivity contribution in [2.75, 3.05) is 13.7 Å². The molecule has 114 valence electrons. The first-order valence-corrected chi connectivity index (χ1v) is 7.10. The van der Waals surface area contributed by atoms with E-state index in [-0.39, 0.29) is 18.4 Å². The lowest BCUT2D eigenvalue weighted by Gasteiger charge is -2.23. The molecule has 1 aliphatic rings. The lowest BCUT2D eigenvalue weighted by atomic mass is 10.0. The van der Waals surface area contributed by atoms with Gasteiger partial charge in [-0.3, -0.25) is 9.59 Å². The smallest absolute Gasteiger partial charge is 0.308 e. The van der Waals surface area contributed by atoms with Gasteiger partial charge in [-0.1, -0.05) is 17.7 Å². The zero-order valence-corrected chi connectivity index (χ0v) is 12.6. The maximum absolute atomic E-state index is 12.5.